The van der Waals surface area contributed by atoms with Crippen molar-refractivity contribution in [3.05, 3.63) is 23.2 Å². The first-order valence-electron chi connectivity index (χ1n) is 5.18. The Bertz CT molecular complexity index is 345. The molecule has 0 aliphatic carbocycles. The van der Waals surface area contributed by atoms with Gasteiger partial charge in [-0.1, -0.05) is 11.6 Å². The van der Waals surface area contributed by atoms with E-state index in [4.69, 9.17) is 21.4 Å². The molecule has 0 spiro atoms. The first-order valence-corrected chi connectivity index (χ1v) is 5.56. The standard InChI is InChI=1S/C10H14ClN3O3/c11-9-7-13-8(6-14-9)10(16)12-2-1-4-17-5-3-15/h6-7,15H,1-5H2,(H,12,16). The van der Waals surface area contributed by atoms with Crippen molar-refractivity contribution in [3.8, 4) is 0 Å². The number of rotatable bonds is 7. The van der Waals surface area contributed by atoms with Gasteiger partial charge in [0.15, 0.2) is 0 Å². The largest absolute Gasteiger partial charge is 0.394 e. The number of aromatic nitrogens is 2. The lowest BCUT2D eigenvalue weighted by Crippen LogP contribution is -2.26. The molecule has 0 unspecified atom stereocenters. The first kappa shape index (κ1) is 13.8. The fraction of sp³-hybridized carbons (Fsp3) is 0.500. The van der Waals surface area contributed by atoms with Crippen molar-refractivity contribution >= 4 is 17.5 Å². The van der Waals surface area contributed by atoms with Crippen molar-refractivity contribution in [2.45, 2.75) is 6.42 Å². The average Bonchev–Trinajstić information content (AvgIpc) is 2.34. The average molecular weight is 260 g/mol. The van der Waals surface area contributed by atoms with E-state index in [0.29, 0.717) is 26.2 Å². The summed E-state index contributed by atoms with van der Waals surface area (Å²) in [6, 6.07) is 0. The topological polar surface area (TPSA) is 84.3 Å². The van der Waals surface area contributed by atoms with Gasteiger partial charge in [0.1, 0.15) is 10.8 Å². The van der Waals surface area contributed by atoms with Crippen LogP contribution in [0.3, 0.4) is 0 Å². The van der Waals surface area contributed by atoms with E-state index in [2.05, 4.69) is 15.3 Å². The van der Waals surface area contributed by atoms with E-state index in [9.17, 15) is 4.79 Å². The third-order valence-electron chi connectivity index (χ3n) is 1.84. The normalized spacial score (nSPS) is 10.2. The maximum absolute atomic E-state index is 11.5. The Labute approximate surface area is 104 Å². The Morgan fingerprint density at radius 1 is 1.41 bits per heavy atom. The third kappa shape index (κ3) is 5.58. The van der Waals surface area contributed by atoms with Crippen LogP contribution >= 0.6 is 11.6 Å². The van der Waals surface area contributed by atoms with E-state index in [0.717, 1.165) is 0 Å². The maximum Gasteiger partial charge on any atom is 0.271 e. The fourth-order valence-electron chi connectivity index (χ4n) is 1.06. The molecule has 17 heavy (non-hydrogen) atoms. The van der Waals surface area contributed by atoms with Gasteiger partial charge in [-0.3, -0.25) is 4.79 Å². The molecule has 0 aliphatic rings. The Morgan fingerprint density at radius 3 is 2.88 bits per heavy atom. The van der Waals surface area contributed by atoms with Gasteiger partial charge < -0.3 is 15.2 Å². The number of amides is 1. The lowest BCUT2D eigenvalue weighted by Gasteiger charge is -2.04. The van der Waals surface area contributed by atoms with Crippen molar-refractivity contribution in [3.63, 3.8) is 0 Å². The van der Waals surface area contributed by atoms with Crippen molar-refractivity contribution in [2.75, 3.05) is 26.4 Å². The highest BCUT2D eigenvalue weighted by Crippen LogP contribution is 2.00. The summed E-state index contributed by atoms with van der Waals surface area (Å²) in [6.45, 7) is 1.30. The zero-order valence-corrected chi connectivity index (χ0v) is 9.98. The molecule has 6 nitrogen and oxygen atoms in total. The zero-order valence-electron chi connectivity index (χ0n) is 9.23. The van der Waals surface area contributed by atoms with Gasteiger partial charge in [-0.25, -0.2) is 9.97 Å². The Balaban J connectivity index is 2.19. The number of nitrogens with zero attached hydrogens (tertiary/aromatic N) is 2. The smallest absolute Gasteiger partial charge is 0.271 e. The minimum atomic E-state index is -0.295. The summed E-state index contributed by atoms with van der Waals surface area (Å²) < 4.78 is 5.04. The summed E-state index contributed by atoms with van der Waals surface area (Å²) in [5, 5.41) is 11.4. The van der Waals surface area contributed by atoms with Crippen LogP contribution in [0.2, 0.25) is 5.15 Å². The Kier molecular flexibility index (Phi) is 6.46. The van der Waals surface area contributed by atoms with Crippen molar-refractivity contribution in [1.29, 1.82) is 0 Å². The molecule has 2 N–H and O–H groups in total. The summed E-state index contributed by atoms with van der Waals surface area (Å²) in [5.74, 6) is -0.295. The lowest BCUT2D eigenvalue weighted by molar-refractivity contribution is 0.0865. The number of nitrogens with one attached hydrogen (secondary N) is 1. The molecule has 0 atom stereocenters. The van der Waals surface area contributed by atoms with Gasteiger partial charge in [-0.2, -0.15) is 0 Å². The van der Waals surface area contributed by atoms with Crippen LogP contribution in [0.4, 0.5) is 0 Å². The van der Waals surface area contributed by atoms with Crippen LogP contribution in [0.5, 0.6) is 0 Å². The molecule has 0 saturated heterocycles. The number of hydrogen-bond donors (Lipinski definition) is 2. The lowest BCUT2D eigenvalue weighted by atomic mass is 10.4. The predicted molar refractivity (Wildman–Crippen MR) is 61.9 cm³/mol. The molecule has 1 amide bonds. The monoisotopic (exact) mass is 259 g/mol. The third-order valence-corrected chi connectivity index (χ3v) is 2.03. The molecule has 0 radical (unpaired) electrons. The second-order valence-electron chi connectivity index (χ2n) is 3.17. The van der Waals surface area contributed by atoms with Crippen LogP contribution in [0.25, 0.3) is 0 Å². The van der Waals surface area contributed by atoms with Gasteiger partial charge in [0, 0.05) is 13.2 Å². The molecule has 0 bridgehead atoms. The quantitative estimate of drug-likeness (QED) is 0.686. The van der Waals surface area contributed by atoms with Crippen LogP contribution < -0.4 is 5.32 Å². The Morgan fingerprint density at radius 2 is 2.24 bits per heavy atom. The zero-order chi connectivity index (χ0) is 12.5. The van der Waals surface area contributed by atoms with Gasteiger partial charge in [-0.15, -0.1) is 0 Å². The van der Waals surface area contributed by atoms with E-state index in [1.54, 1.807) is 0 Å². The summed E-state index contributed by atoms with van der Waals surface area (Å²) in [6.07, 6.45) is 3.31. The van der Waals surface area contributed by atoms with Crippen LogP contribution in [0.15, 0.2) is 12.4 Å². The van der Waals surface area contributed by atoms with Gasteiger partial charge in [0.2, 0.25) is 0 Å². The molecular formula is C10H14ClN3O3. The summed E-state index contributed by atoms with van der Waals surface area (Å²) in [4.78, 5) is 19.1. The molecule has 94 valence electrons. The molecule has 0 aromatic carbocycles. The van der Waals surface area contributed by atoms with Crippen molar-refractivity contribution in [2.24, 2.45) is 0 Å². The minimum Gasteiger partial charge on any atom is -0.394 e. The molecule has 0 aliphatic heterocycles. The molecule has 1 aromatic rings. The second-order valence-corrected chi connectivity index (χ2v) is 3.56. The number of aliphatic hydroxyl groups is 1. The van der Waals surface area contributed by atoms with Gasteiger partial charge in [-0.05, 0) is 6.42 Å². The predicted octanol–water partition coefficient (Wildman–Crippen LogP) is 0.259. The highest BCUT2D eigenvalue weighted by Gasteiger charge is 2.06. The van der Waals surface area contributed by atoms with Crippen LogP contribution in [0, 0.1) is 0 Å². The molecule has 1 rings (SSSR count). The molecule has 1 aromatic heterocycles. The Hall–Kier alpha value is -1.24. The SMILES string of the molecule is O=C(NCCCOCCO)c1cnc(Cl)cn1. The van der Waals surface area contributed by atoms with Gasteiger partial charge in [0.25, 0.3) is 5.91 Å². The molecule has 0 fully saturated rings. The number of carbonyl (C=O) groups is 1. The van der Waals surface area contributed by atoms with Gasteiger partial charge in [0.05, 0.1) is 25.6 Å². The molecular weight excluding hydrogens is 246 g/mol. The van der Waals surface area contributed by atoms with Crippen molar-refractivity contribution in [1.82, 2.24) is 15.3 Å². The number of aliphatic hydroxyl groups excluding tert-OH is 1. The summed E-state index contributed by atoms with van der Waals surface area (Å²) in [5.41, 5.74) is 0.227. The number of ether oxygens (including phenoxy) is 1. The molecule has 7 heteroatoms. The molecule has 1 heterocycles. The maximum atomic E-state index is 11.5. The van der Waals surface area contributed by atoms with E-state index >= 15 is 0 Å². The second kappa shape index (κ2) is 7.94. The van der Waals surface area contributed by atoms with Crippen LogP contribution in [0.1, 0.15) is 16.9 Å². The first-order chi connectivity index (χ1) is 8.24. The van der Waals surface area contributed by atoms with E-state index < -0.39 is 0 Å². The number of halogens is 1. The van der Waals surface area contributed by atoms with E-state index in [1.165, 1.54) is 12.4 Å². The van der Waals surface area contributed by atoms with Gasteiger partial charge >= 0.3 is 0 Å². The summed E-state index contributed by atoms with van der Waals surface area (Å²) >= 11 is 5.55. The van der Waals surface area contributed by atoms with Crippen LogP contribution in [-0.4, -0.2) is 47.3 Å². The van der Waals surface area contributed by atoms with E-state index in [-0.39, 0.29) is 23.4 Å². The minimum absolute atomic E-state index is 0.00667. The molecule has 0 saturated carbocycles. The highest BCUT2D eigenvalue weighted by atomic mass is 35.5. The van der Waals surface area contributed by atoms with Crippen LogP contribution in [-0.2, 0) is 4.74 Å². The summed E-state index contributed by atoms with van der Waals surface area (Å²) in [7, 11) is 0. The number of carbonyl (C=O) groups excluding carboxylic acids is 1. The highest BCUT2D eigenvalue weighted by molar-refractivity contribution is 6.29. The van der Waals surface area contributed by atoms with Crippen molar-refractivity contribution < 1.29 is 14.6 Å². The fourth-order valence-corrected chi connectivity index (χ4v) is 1.16. The van der Waals surface area contributed by atoms with E-state index in [1.807, 2.05) is 0 Å². The number of hydrogen-bond acceptors (Lipinski definition) is 5.